The average molecular weight is 367 g/mol. The monoisotopic (exact) mass is 367 g/mol. The van der Waals surface area contributed by atoms with Gasteiger partial charge in [-0.2, -0.15) is 0 Å². The molecule has 0 saturated heterocycles. The van der Waals surface area contributed by atoms with E-state index < -0.39 is 24.0 Å². The Kier molecular flexibility index (Phi) is 7.55. The van der Waals surface area contributed by atoms with Crippen molar-refractivity contribution in [2.75, 3.05) is 0 Å². The fraction of sp³-hybridized carbons (Fsp3) is 0.318. The molecule has 2 amide bonds. The summed E-state index contributed by atoms with van der Waals surface area (Å²) in [4.78, 5) is 24.9. The lowest BCUT2D eigenvalue weighted by molar-refractivity contribution is -0.124. The standard InChI is InChI=1S/C22H27N2O3/c1-15(2)12-13-23-22(27)20(16(3)25)24-21(26)19-11-7-10-18(14-19)17-8-5-4-6-9-17/h4-11,13-16,20,25H,12H2,1-3H3,(H,23,27)(H,24,26)/t16-,20+/m1/s1. The second-order valence-electron chi connectivity index (χ2n) is 6.98. The minimum absolute atomic E-state index is 0.405. The number of aliphatic hydroxyl groups excluding tert-OH is 1. The highest BCUT2D eigenvalue weighted by atomic mass is 16.3. The molecule has 0 aromatic heterocycles. The highest BCUT2D eigenvalue weighted by Crippen LogP contribution is 2.20. The van der Waals surface area contributed by atoms with Crippen LogP contribution in [-0.4, -0.2) is 29.1 Å². The summed E-state index contributed by atoms with van der Waals surface area (Å²) in [6.45, 7) is 7.21. The van der Waals surface area contributed by atoms with Crippen molar-refractivity contribution in [2.45, 2.75) is 39.3 Å². The molecule has 0 spiro atoms. The number of nitrogens with one attached hydrogen (secondary N) is 2. The van der Waals surface area contributed by atoms with Gasteiger partial charge in [0.1, 0.15) is 6.04 Å². The van der Waals surface area contributed by atoms with Gasteiger partial charge in [-0.1, -0.05) is 56.3 Å². The van der Waals surface area contributed by atoms with Crippen molar-refractivity contribution in [3.63, 3.8) is 0 Å². The van der Waals surface area contributed by atoms with Crippen LogP contribution < -0.4 is 10.6 Å². The van der Waals surface area contributed by atoms with Gasteiger partial charge in [-0.05, 0) is 42.5 Å². The largest absolute Gasteiger partial charge is 0.391 e. The molecule has 0 saturated carbocycles. The summed E-state index contributed by atoms with van der Waals surface area (Å²) in [5.41, 5.74) is 2.34. The van der Waals surface area contributed by atoms with E-state index in [1.165, 1.54) is 6.92 Å². The highest BCUT2D eigenvalue weighted by Gasteiger charge is 2.26. The van der Waals surface area contributed by atoms with Gasteiger partial charge in [-0.3, -0.25) is 9.59 Å². The molecule has 3 N–H and O–H groups in total. The Balaban J connectivity index is 2.08. The highest BCUT2D eigenvalue weighted by molar-refractivity contribution is 5.98. The normalized spacial score (nSPS) is 13.1. The predicted octanol–water partition coefficient (Wildman–Crippen LogP) is 3.16. The fourth-order valence-electron chi connectivity index (χ4n) is 2.59. The van der Waals surface area contributed by atoms with E-state index >= 15 is 0 Å². The van der Waals surface area contributed by atoms with Gasteiger partial charge in [0.25, 0.3) is 5.91 Å². The minimum Gasteiger partial charge on any atom is -0.391 e. The summed E-state index contributed by atoms with van der Waals surface area (Å²) in [5.74, 6) is -0.429. The first-order chi connectivity index (χ1) is 12.9. The van der Waals surface area contributed by atoms with Crippen LogP contribution in [0.15, 0.2) is 54.6 Å². The van der Waals surface area contributed by atoms with Crippen molar-refractivity contribution in [2.24, 2.45) is 5.92 Å². The van der Waals surface area contributed by atoms with E-state index in [4.69, 9.17) is 0 Å². The number of rotatable bonds is 8. The van der Waals surface area contributed by atoms with E-state index in [9.17, 15) is 14.7 Å². The molecule has 0 aliphatic heterocycles. The van der Waals surface area contributed by atoms with Crippen LogP contribution in [0.2, 0.25) is 0 Å². The molecule has 0 aliphatic carbocycles. The summed E-state index contributed by atoms with van der Waals surface area (Å²) >= 11 is 0. The van der Waals surface area contributed by atoms with Crippen molar-refractivity contribution >= 4 is 11.8 Å². The fourth-order valence-corrected chi connectivity index (χ4v) is 2.59. The van der Waals surface area contributed by atoms with Gasteiger partial charge >= 0.3 is 0 Å². The van der Waals surface area contributed by atoms with Gasteiger partial charge in [0.2, 0.25) is 5.91 Å². The van der Waals surface area contributed by atoms with E-state index in [1.807, 2.05) is 50.2 Å². The molecule has 0 aliphatic rings. The first-order valence-electron chi connectivity index (χ1n) is 9.15. The van der Waals surface area contributed by atoms with E-state index in [1.54, 1.807) is 24.7 Å². The van der Waals surface area contributed by atoms with E-state index in [-0.39, 0.29) is 0 Å². The third kappa shape index (κ3) is 6.22. The molecule has 2 rings (SSSR count). The Labute approximate surface area is 160 Å². The van der Waals surface area contributed by atoms with Gasteiger partial charge in [0.05, 0.1) is 6.10 Å². The molecule has 0 fully saturated rings. The Morgan fingerprint density at radius 3 is 2.30 bits per heavy atom. The maximum Gasteiger partial charge on any atom is 0.252 e. The first kappa shape index (κ1) is 20.6. The lowest BCUT2D eigenvalue weighted by Gasteiger charge is -2.21. The van der Waals surface area contributed by atoms with Crippen LogP contribution in [0.5, 0.6) is 0 Å². The van der Waals surface area contributed by atoms with Crippen LogP contribution in [0.1, 0.15) is 37.6 Å². The van der Waals surface area contributed by atoms with Crippen LogP contribution in [0.4, 0.5) is 0 Å². The molecule has 2 aromatic rings. The zero-order valence-corrected chi connectivity index (χ0v) is 16.0. The number of carbonyl (C=O) groups is 2. The summed E-state index contributed by atoms with van der Waals surface area (Å²) in [6.07, 6.45) is -0.301. The molecule has 5 nitrogen and oxygen atoms in total. The third-order valence-electron chi connectivity index (χ3n) is 4.12. The van der Waals surface area contributed by atoms with Gasteiger partial charge in [-0.25, -0.2) is 0 Å². The van der Waals surface area contributed by atoms with Crippen LogP contribution >= 0.6 is 0 Å². The Morgan fingerprint density at radius 2 is 1.67 bits per heavy atom. The molecule has 1 radical (unpaired) electrons. The van der Waals surface area contributed by atoms with Gasteiger partial charge < -0.3 is 15.7 Å². The molecule has 2 atom stereocenters. The van der Waals surface area contributed by atoms with Gasteiger partial charge in [-0.15, -0.1) is 0 Å². The Morgan fingerprint density at radius 1 is 1.00 bits per heavy atom. The molecule has 5 heteroatoms. The van der Waals surface area contributed by atoms with Crippen molar-refractivity contribution in [3.8, 4) is 11.1 Å². The van der Waals surface area contributed by atoms with Crippen LogP contribution in [-0.2, 0) is 4.79 Å². The van der Waals surface area contributed by atoms with Gasteiger partial charge in [0.15, 0.2) is 0 Å². The summed E-state index contributed by atoms with van der Waals surface area (Å²) in [7, 11) is 0. The van der Waals surface area contributed by atoms with E-state index in [0.717, 1.165) is 11.1 Å². The van der Waals surface area contributed by atoms with Crippen LogP contribution in [0.25, 0.3) is 11.1 Å². The maximum atomic E-state index is 12.6. The first-order valence-corrected chi connectivity index (χ1v) is 9.15. The SMILES string of the molecule is CC(C)C[CH]NC(=O)[C@@H](NC(=O)c1cccc(-c2ccccc2)c1)[C@@H](C)O. The number of hydrogen-bond donors (Lipinski definition) is 3. The zero-order chi connectivity index (χ0) is 19.8. The predicted molar refractivity (Wildman–Crippen MR) is 107 cm³/mol. The van der Waals surface area contributed by atoms with Crippen molar-refractivity contribution in [1.82, 2.24) is 10.6 Å². The molecule has 143 valence electrons. The lowest BCUT2D eigenvalue weighted by Crippen LogP contribution is -2.52. The third-order valence-corrected chi connectivity index (χ3v) is 4.12. The lowest BCUT2D eigenvalue weighted by atomic mass is 10.0. The summed E-state index contributed by atoms with van der Waals surface area (Å²) < 4.78 is 0. The average Bonchev–Trinajstić information content (AvgIpc) is 2.66. The van der Waals surface area contributed by atoms with Crippen molar-refractivity contribution < 1.29 is 14.7 Å². The smallest absolute Gasteiger partial charge is 0.252 e. The Bertz CT molecular complexity index is 757. The van der Waals surface area contributed by atoms with Gasteiger partial charge in [0, 0.05) is 12.1 Å². The molecule has 0 heterocycles. The van der Waals surface area contributed by atoms with Crippen molar-refractivity contribution in [1.29, 1.82) is 0 Å². The molecule has 0 bridgehead atoms. The molecule has 27 heavy (non-hydrogen) atoms. The van der Waals surface area contributed by atoms with E-state index in [0.29, 0.717) is 17.9 Å². The maximum absolute atomic E-state index is 12.6. The second kappa shape index (κ2) is 9.88. The number of amides is 2. The summed E-state index contributed by atoms with van der Waals surface area (Å²) in [6, 6.07) is 15.9. The summed E-state index contributed by atoms with van der Waals surface area (Å²) in [5, 5.41) is 15.2. The Hall–Kier alpha value is -2.66. The van der Waals surface area contributed by atoms with E-state index in [2.05, 4.69) is 10.6 Å². The number of carbonyl (C=O) groups excluding carboxylic acids is 2. The van der Waals surface area contributed by atoms with Crippen LogP contribution in [0, 0.1) is 12.5 Å². The molecular weight excluding hydrogens is 340 g/mol. The van der Waals surface area contributed by atoms with Crippen LogP contribution in [0.3, 0.4) is 0 Å². The number of benzene rings is 2. The quantitative estimate of drug-likeness (QED) is 0.671. The molecule has 2 aromatic carbocycles. The molecular formula is C22H27N2O3. The minimum atomic E-state index is -1.03. The topological polar surface area (TPSA) is 78.4 Å². The second-order valence-corrected chi connectivity index (χ2v) is 6.98. The molecule has 0 unspecified atom stereocenters. The van der Waals surface area contributed by atoms with Crippen molar-refractivity contribution in [3.05, 3.63) is 66.7 Å². The number of hydrogen-bond acceptors (Lipinski definition) is 3. The number of aliphatic hydroxyl groups is 1. The zero-order valence-electron chi connectivity index (χ0n) is 16.0.